The van der Waals surface area contributed by atoms with Gasteiger partial charge in [0.05, 0.1) is 22.9 Å². The van der Waals surface area contributed by atoms with Crippen LogP contribution in [0.4, 0.5) is 0 Å². The van der Waals surface area contributed by atoms with Crippen LogP contribution in [-0.4, -0.2) is 40.4 Å². The molecule has 0 fully saturated rings. The average molecular weight is 344 g/mol. The molecule has 0 saturated heterocycles. The maximum absolute atomic E-state index is 10.4. The molecule has 6 heteroatoms. The number of hydrogen-bond donors (Lipinski definition) is 1. The lowest BCUT2D eigenvalue weighted by atomic mass is 10.1. The van der Waals surface area contributed by atoms with Gasteiger partial charge in [0.2, 0.25) is 0 Å². The summed E-state index contributed by atoms with van der Waals surface area (Å²) in [4.78, 5) is 3.28. The highest BCUT2D eigenvalue weighted by atomic mass is 79.9. The quantitative estimate of drug-likeness (QED) is 0.876. The first kappa shape index (κ1) is 14.7. The van der Waals surface area contributed by atoms with Gasteiger partial charge in [0.15, 0.2) is 0 Å². The van der Waals surface area contributed by atoms with Crippen molar-refractivity contribution in [2.24, 2.45) is 0 Å². The maximum atomic E-state index is 10.4. The van der Waals surface area contributed by atoms with Crippen LogP contribution in [0, 0.1) is 0 Å². The van der Waals surface area contributed by atoms with E-state index in [1.807, 2.05) is 36.3 Å². The van der Waals surface area contributed by atoms with Crippen molar-refractivity contribution in [2.45, 2.75) is 19.1 Å². The predicted molar refractivity (Wildman–Crippen MR) is 81.5 cm³/mol. The van der Waals surface area contributed by atoms with E-state index in [-0.39, 0.29) is 0 Å². The van der Waals surface area contributed by atoms with E-state index in [1.54, 1.807) is 17.5 Å². The molecule has 0 aliphatic rings. The third-order valence-electron chi connectivity index (χ3n) is 2.88. The molecule has 0 aliphatic heterocycles. The molecular weight excluding hydrogens is 326 g/mol. The smallest absolute Gasteiger partial charge is 0.102 e. The number of aliphatic hydroxyl groups excluding tert-OH is 1. The summed E-state index contributed by atoms with van der Waals surface area (Å²) in [7, 11) is 4.06. The molecule has 0 amide bonds. The summed E-state index contributed by atoms with van der Waals surface area (Å²) < 4.78 is 2.75. The zero-order valence-electron chi connectivity index (χ0n) is 11.1. The molecule has 0 radical (unpaired) electrons. The molecule has 1 N–H and O–H groups in total. The lowest BCUT2D eigenvalue weighted by molar-refractivity contribution is 0.165. The summed E-state index contributed by atoms with van der Waals surface area (Å²) in [5.41, 5.74) is 0.857. The predicted octanol–water partition coefficient (Wildman–Crippen LogP) is 2.54. The number of thiophene rings is 1. The van der Waals surface area contributed by atoms with Crippen LogP contribution in [0.2, 0.25) is 0 Å². The Hall–Kier alpha value is -0.690. The van der Waals surface area contributed by atoms with Crippen molar-refractivity contribution in [3.05, 3.63) is 38.8 Å². The van der Waals surface area contributed by atoms with Gasteiger partial charge in [0.25, 0.3) is 0 Å². The van der Waals surface area contributed by atoms with Gasteiger partial charge in [0, 0.05) is 17.8 Å². The van der Waals surface area contributed by atoms with Crippen LogP contribution < -0.4 is 0 Å². The third-order valence-corrected chi connectivity index (χ3v) is 4.39. The number of nitrogens with zero attached hydrogens (tertiary/aromatic N) is 3. The molecule has 0 spiro atoms. The number of rotatable bonds is 6. The van der Waals surface area contributed by atoms with Gasteiger partial charge in [-0.1, -0.05) is 6.07 Å². The lowest BCUT2D eigenvalue weighted by Gasteiger charge is -2.15. The second-order valence-electron chi connectivity index (χ2n) is 4.70. The van der Waals surface area contributed by atoms with Crippen LogP contribution in [0.25, 0.3) is 0 Å². The van der Waals surface area contributed by atoms with E-state index in [9.17, 15) is 5.11 Å². The summed E-state index contributed by atoms with van der Waals surface area (Å²) in [6.07, 6.45) is 1.85. The molecule has 2 rings (SSSR count). The molecule has 0 bridgehead atoms. The van der Waals surface area contributed by atoms with Gasteiger partial charge in [-0.2, -0.15) is 5.10 Å². The van der Waals surface area contributed by atoms with E-state index in [1.165, 1.54) is 4.88 Å². The summed E-state index contributed by atoms with van der Waals surface area (Å²) in [5, 5.41) is 16.8. The van der Waals surface area contributed by atoms with Crippen LogP contribution in [0.1, 0.15) is 16.7 Å². The molecule has 0 aliphatic carbocycles. The zero-order valence-corrected chi connectivity index (χ0v) is 13.5. The summed E-state index contributed by atoms with van der Waals surface area (Å²) in [5.74, 6) is 0. The number of likely N-dealkylation sites (N-methyl/N-ethyl adjacent to an activating group) is 1. The topological polar surface area (TPSA) is 41.3 Å². The monoisotopic (exact) mass is 343 g/mol. The van der Waals surface area contributed by atoms with Gasteiger partial charge in [-0.3, -0.25) is 4.68 Å². The van der Waals surface area contributed by atoms with Crippen LogP contribution in [-0.2, 0) is 13.0 Å². The molecule has 0 aromatic carbocycles. The van der Waals surface area contributed by atoms with Crippen molar-refractivity contribution in [3.8, 4) is 0 Å². The van der Waals surface area contributed by atoms with Crippen LogP contribution >= 0.6 is 27.3 Å². The molecule has 2 aromatic rings. The molecule has 2 aromatic heterocycles. The largest absolute Gasteiger partial charge is 0.386 e. The lowest BCUT2D eigenvalue weighted by Crippen LogP contribution is -2.21. The fraction of sp³-hybridized carbons (Fsp3) is 0.462. The van der Waals surface area contributed by atoms with Crippen molar-refractivity contribution in [2.75, 3.05) is 20.6 Å². The summed E-state index contributed by atoms with van der Waals surface area (Å²) in [6.45, 7) is 1.67. The highest BCUT2D eigenvalue weighted by molar-refractivity contribution is 9.10. The number of halogens is 1. The van der Waals surface area contributed by atoms with E-state index in [2.05, 4.69) is 25.9 Å². The van der Waals surface area contributed by atoms with Gasteiger partial charge in [-0.05, 0) is 41.5 Å². The maximum Gasteiger partial charge on any atom is 0.102 e. The molecule has 104 valence electrons. The van der Waals surface area contributed by atoms with E-state index in [0.717, 1.165) is 23.3 Å². The van der Waals surface area contributed by atoms with Crippen LogP contribution in [0.15, 0.2) is 28.2 Å². The van der Waals surface area contributed by atoms with Crippen molar-refractivity contribution in [3.63, 3.8) is 0 Å². The van der Waals surface area contributed by atoms with Crippen molar-refractivity contribution < 1.29 is 5.11 Å². The minimum absolute atomic E-state index is 0.530. The minimum atomic E-state index is -0.530. The highest BCUT2D eigenvalue weighted by Crippen LogP contribution is 2.27. The SMILES string of the molecule is CN(C)CCn1ncc(Br)c1C(O)Cc1cccs1. The normalized spacial score (nSPS) is 13.1. The first-order valence-electron chi connectivity index (χ1n) is 6.14. The summed E-state index contributed by atoms with van der Waals surface area (Å²) in [6, 6.07) is 4.05. The number of hydrogen-bond acceptors (Lipinski definition) is 4. The van der Waals surface area contributed by atoms with E-state index in [0.29, 0.717) is 6.42 Å². The van der Waals surface area contributed by atoms with Gasteiger partial charge >= 0.3 is 0 Å². The molecule has 1 unspecified atom stereocenters. The van der Waals surface area contributed by atoms with E-state index < -0.39 is 6.10 Å². The second-order valence-corrected chi connectivity index (χ2v) is 6.59. The number of aromatic nitrogens is 2. The Morgan fingerprint density at radius 2 is 2.32 bits per heavy atom. The van der Waals surface area contributed by atoms with E-state index in [4.69, 9.17) is 0 Å². The van der Waals surface area contributed by atoms with Crippen molar-refractivity contribution >= 4 is 27.3 Å². The minimum Gasteiger partial charge on any atom is -0.386 e. The van der Waals surface area contributed by atoms with Gasteiger partial charge in [-0.15, -0.1) is 11.3 Å². The zero-order chi connectivity index (χ0) is 13.8. The molecule has 4 nitrogen and oxygen atoms in total. The first-order chi connectivity index (χ1) is 9.08. The van der Waals surface area contributed by atoms with Crippen molar-refractivity contribution in [1.29, 1.82) is 0 Å². The standard InChI is InChI=1S/C13H18BrN3OS/c1-16(2)5-6-17-13(11(14)9-15-17)12(18)8-10-4-3-7-19-10/h3-4,7,9,12,18H,5-6,8H2,1-2H3. The molecule has 0 saturated carbocycles. The Labute approximate surface area is 125 Å². The van der Waals surface area contributed by atoms with Gasteiger partial charge in [0.1, 0.15) is 6.10 Å². The molecular formula is C13H18BrN3OS. The molecule has 2 heterocycles. The molecule has 19 heavy (non-hydrogen) atoms. The Morgan fingerprint density at radius 3 is 2.95 bits per heavy atom. The molecule has 1 atom stereocenters. The number of aliphatic hydroxyl groups is 1. The van der Waals surface area contributed by atoms with Crippen molar-refractivity contribution in [1.82, 2.24) is 14.7 Å². The second kappa shape index (κ2) is 6.65. The van der Waals surface area contributed by atoms with Crippen LogP contribution in [0.3, 0.4) is 0 Å². The highest BCUT2D eigenvalue weighted by Gasteiger charge is 2.18. The fourth-order valence-corrected chi connectivity index (χ4v) is 3.20. The summed E-state index contributed by atoms with van der Waals surface area (Å²) >= 11 is 5.14. The Kier molecular flexibility index (Phi) is 5.15. The fourth-order valence-electron chi connectivity index (χ4n) is 1.89. The third kappa shape index (κ3) is 3.89. The Morgan fingerprint density at radius 1 is 1.53 bits per heavy atom. The average Bonchev–Trinajstić information content (AvgIpc) is 2.96. The van der Waals surface area contributed by atoms with Crippen LogP contribution in [0.5, 0.6) is 0 Å². The van der Waals surface area contributed by atoms with Gasteiger partial charge in [-0.25, -0.2) is 0 Å². The Balaban J connectivity index is 2.11. The first-order valence-corrected chi connectivity index (χ1v) is 7.81. The van der Waals surface area contributed by atoms with Gasteiger partial charge < -0.3 is 10.0 Å². The van der Waals surface area contributed by atoms with E-state index >= 15 is 0 Å². The Bertz CT molecular complexity index is 510.